The molecule has 0 radical (unpaired) electrons. The monoisotopic (exact) mass is 672 g/mol. The highest BCUT2D eigenvalue weighted by Crippen LogP contribution is 2.38. The van der Waals surface area contributed by atoms with Crippen LogP contribution in [0.25, 0.3) is 10.2 Å². The number of anilines is 1. The van der Waals surface area contributed by atoms with Crippen LogP contribution in [-0.2, 0) is 23.0 Å². The number of carbonyl (C=O) groups excluding carboxylic acids is 1. The number of carbonyl (C=O) groups is 1. The van der Waals surface area contributed by atoms with Crippen LogP contribution in [0.4, 0.5) is 5.13 Å². The number of hydrogen-bond acceptors (Lipinski definition) is 10. The van der Waals surface area contributed by atoms with E-state index < -0.39 is 15.9 Å². The SMILES string of the molecule is COc1ccc2nc(N(/N=C/c3cc(OC)c(OC)c(OC)c3)C(=O)c3ccc(S(=O)(=O)N4CCc5ccccc5C4)cc3)sc2c1. The molecule has 2 heterocycles. The minimum absolute atomic E-state index is 0.105. The number of nitrogens with zero attached hydrogens (tertiary/aromatic N) is 4. The topological polar surface area (TPSA) is 120 Å². The van der Waals surface area contributed by atoms with Crippen molar-refractivity contribution >= 4 is 48.8 Å². The van der Waals surface area contributed by atoms with Gasteiger partial charge in [-0.25, -0.2) is 13.4 Å². The van der Waals surface area contributed by atoms with Gasteiger partial charge in [-0.3, -0.25) is 4.79 Å². The maximum Gasteiger partial charge on any atom is 0.280 e. The molecule has 0 saturated heterocycles. The molecule has 1 aromatic heterocycles. The van der Waals surface area contributed by atoms with Gasteiger partial charge in [-0.05, 0) is 72.1 Å². The molecule has 11 nitrogen and oxygen atoms in total. The fraction of sp³-hybridized carbons (Fsp3) is 0.206. The third-order valence-electron chi connectivity index (χ3n) is 7.80. The smallest absolute Gasteiger partial charge is 0.280 e. The van der Waals surface area contributed by atoms with Crippen LogP contribution in [0.5, 0.6) is 23.0 Å². The summed E-state index contributed by atoms with van der Waals surface area (Å²) in [6, 6.07) is 22.6. The summed E-state index contributed by atoms with van der Waals surface area (Å²) in [6.07, 6.45) is 2.13. The van der Waals surface area contributed by atoms with Gasteiger partial charge in [0.1, 0.15) is 5.75 Å². The zero-order valence-corrected chi connectivity index (χ0v) is 27.8. The van der Waals surface area contributed by atoms with E-state index in [0.717, 1.165) is 15.8 Å². The Hall–Kier alpha value is -4.98. The van der Waals surface area contributed by atoms with Crippen LogP contribution in [0.15, 0.2) is 88.9 Å². The first kappa shape index (κ1) is 32.0. The summed E-state index contributed by atoms with van der Waals surface area (Å²) >= 11 is 1.26. The first-order valence-electron chi connectivity index (χ1n) is 14.6. The first-order chi connectivity index (χ1) is 22.7. The Morgan fingerprint density at radius 1 is 0.894 bits per heavy atom. The Labute approximate surface area is 276 Å². The van der Waals surface area contributed by atoms with Gasteiger partial charge in [-0.2, -0.15) is 14.4 Å². The quantitative estimate of drug-likeness (QED) is 0.136. The molecule has 0 saturated carbocycles. The first-order valence-corrected chi connectivity index (χ1v) is 16.8. The number of methoxy groups -OCH3 is 4. The number of ether oxygens (including phenoxy) is 4. The largest absolute Gasteiger partial charge is 0.497 e. The van der Waals surface area contributed by atoms with Gasteiger partial charge in [-0.15, -0.1) is 0 Å². The Bertz CT molecular complexity index is 2050. The van der Waals surface area contributed by atoms with Gasteiger partial charge in [-0.1, -0.05) is 35.6 Å². The van der Waals surface area contributed by atoms with E-state index in [-0.39, 0.29) is 10.5 Å². The lowest BCUT2D eigenvalue weighted by molar-refractivity contribution is 0.0987. The lowest BCUT2D eigenvalue weighted by Gasteiger charge is -2.28. The minimum Gasteiger partial charge on any atom is -0.497 e. The standard InChI is InChI=1S/C34H32N4O7S2/c1-42-26-11-14-28-31(19-26)46-34(36-28)38(35-20-22-17-29(43-2)32(45-4)30(18-22)44-3)33(39)24-9-12-27(13-10-24)47(40,41)37-16-15-23-7-5-6-8-25(23)21-37/h5-14,17-20H,15-16,21H2,1-4H3/b35-20+. The third-order valence-corrected chi connectivity index (χ3v) is 10.7. The van der Waals surface area contributed by atoms with Crippen LogP contribution >= 0.6 is 11.3 Å². The number of hydrazone groups is 1. The maximum atomic E-state index is 14.0. The summed E-state index contributed by atoms with van der Waals surface area (Å²) in [7, 11) is 2.33. The molecule has 242 valence electrons. The van der Waals surface area contributed by atoms with Gasteiger partial charge in [0.05, 0.1) is 49.8 Å². The van der Waals surface area contributed by atoms with Crippen molar-refractivity contribution in [3.63, 3.8) is 0 Å². The lowest BCUT2D eigenvalue weighted by atomic mass is 10.0. The van der Waals surface area contributed by atoms with Crippen LogP contribution in [0.1, 0.15) is 27.0 Å². The second-order valence-corrected chi connectivity index (χ2v) is 13.5. The van der Waals surface area contributed by atoms with E-state index in [4.69, 9.17) is 18.9 Å². The number of aromatic nitrogens is 1. The van der Waals surface area contributed by atoms with Crippen molar-refractivity contribution in [2.24, 2.45) is 5.10 Å². The highest BCUT2D eigenvalue weighted by atomic mass is 32.2. The predicted octanol–water partition coefficient (Wildman–Crippen LogP) is 5.76. The molecule has 0 bridgehead atoms. The molecule has 0 N–H and O–H groups in total. The number of fused-ring (bicyclic) bond motifs is 2. The molecule has 1 aliphatic rings. The number of amides is 1. The molecule has 5 aromatic rings. The van der Waals surface area contributed by atoms with E-state index in [1.807, 2.05) is 30.3 Å². The zero-order valence-electron chi connectivity index (χ0n) is 26.2. The fourth-order valence-electron chi connectivity index (χ4n) is 5.32. The summed E-state index contributed by atoms with van der Waals surface area (Å²) in [5.74, 6) is 1.42. The van der Waals surface area contributed by atoms with Gasteiger partial charge in [0, 0.05) is 24.2 Å². The van der Waals surface area contributed by atoms with Gasteiger partial charge < -0.3 is 18.9 Å². The molecule has 47 heavy (non-hydrogen) atoms. The summed E-state index contributed by atoms with van der Waals surface area (Å²) in [6.45, 7) is 0.677. The minimum atomic E-state index is -3.79. The van der Waals surface area contributed by atoms with Crippen molar-refractivity contribution in [1.82, 2.24) is 9.29 Å². The Morgan fingerprint density at radius 2 is 1.60 bits per heavy atom. The van der Waals surface area contributed by atoms with Crippen molar-refractivity contribution in [2.75, 3.05) is 40.0 Å². The molecule has 0 spiro atoms. The van der Waals surface area contributed by atoms with E-state index in [0.29, 0.717) is 58.7 Å². The predicted molar refractivity (Wildman–Crippen MR) is 181 cm³/mol. The van der Waals surface area contributed by atoms with Crippen molar-refractivity contribution in [3.8, 4) is 23.0 Å². The maximum absolute atomic E-state index is 14.0. The summed E-state index contributed by atoms with van der Waals surface area (Å²) < 4.78 is 51.1. The van der Waals surface area contributed by atoms with E-state index in [9.17, 15) is 13.2 Å². The van der Waals surface area contributed by atoms with Gasteiger partial charge >= 0.3 is 0 Å². The number of thiazole rings is 1. The van der Waals surface area contributed by atoms with E-state index >= 15 is 0 Å². The molecule has 1 amide bonds. The fourth-order valence-corrected chi connectivity index (χ4v) is 7.68. The average Bonchev–Trinajstić information content (AvgIpc) is 3.53. The molecule has 6 rings (SSSR count). The van der Waals surface area contributed by atoms with Crippen molar-refractivity contribution in [3.05, 3.63) is 101 Å². The van der Waals surface area contributed by atoms with Crippen molar-refractivity contribution < 1.29 is 32.2 Å². The number of rotatable bonds is 10. The van der Waals surface area contributed by atoms with Gasteiger partial charge in [0.25, 0.3) is 5.91 Å². The average molecular weight is 673 g/mol. The lowest BCUT2D eigenvalue weighted by Crippen LogP contribution is -2.36. The Morgan fingerprint density at radius 3 is 2.26 bits per heavy atom. The molecule has 1 aliphatic heterocycles. The molecule has 0 atom stereocenters. The van der Waals surface area contributed by atoms with E-state index in [1.165, 1.54) is 72.5 Å². The molecule has 0 aliphatic carbocycles. The highest BCUT2D eigenvalue weighted by molar-refractivity contribution is 7.89. The van der Waals surface area contributed by atoms with Crippen molar-refractivity contribution in [1.29, 1.82) is 0 Å². The summed E-state index contributed by atoms with van der Waals surface area (Å²) in [4.78, 5) is 18.8. The van der Waals surface area contributed by atoms with Gasteiger partial charge in [0.2, 0.25) is 20.9 Å². The molecule has 0 unspecified atom stereocenters. The molecule has 0 fully saturated rings. The van der Waals surface area contributed by atoms with Crippen LogP contribution in [0.2, 0.25) is 0 Å². The Kier molecular flexibility index (Phi) is 9.12. The van der Waals surface area contributed by atoms with Crippen molar-refractivity contribution in [2.45, 2.75) is 17.9 Å². The molecular weight excluding hydrogens is 641 g/mol. The molecule has 13 heteroatoms. The second kappa shape index (κ2) is 13.4. The highest BCUT2D eigenvalue weighted by Gasteiger charge is 2.29. The van der Waals surface area contributed by atoms with Crippen LogP contribution < -0.4 is 24.0 Å². The number of benzene rings is 4. The van der Waals surface area contributed by atoms with Gasteiger partial charge in [0.15, 0.2) is 11.5 Å². The number of hydrogen-bond donors (Lipinski definition) is 0. The normalized spacial score (nSPS) is 13.4. The van der Waals surface area contributed by atoms with E-state index in [2.05, 4.69) is 10.1 Å². The zero-order chi connectivity index (χ0) is 33.1. The summed E-state index contributed by atoms with van der Waals surface area (Å²) in [5.41, 5.74) is 3.61. The third kappa shape index (κ3) is 6.37. The molecular formula is C34H32N4O7S2. The van der Waals surface area contributed by atoms with Crippen LogP contribution in [0, 0.1) is 0 Å². The Balaban J connectivity index is 1.33. The molecule has 4 aromatic carbocycles. The van der Waals surface area contributed by atoms with Crippen LogP contribution in [0.3, 0.4) is 0 Å². The second-order valence-electron chi connectivity index (χ2n) is 10.5. The summed E-state index contributed by atoms with van der Waals surface area (Å²) in [5, 5.41) is 6.04. The van der Waals surface area contributed by atoms with E-state index in [1.54, 1.807) is 31.4 Å². The number of sulfonamides is 1. The van der Waals surface area contributed by atoms with Crippen LogP contribution in [-0.4, -0.2) is 64.8 Å².